The van der Waals surface area contributed by atoms with Crippen molar-refractivity contribution < 1.29 is 0 Å². The second kappa shape index (κ2) is 4.64. The fraction of sp³-hybridized carbons (Fsp3) is 0.364. The molecule has 0 saturated carbocycles. The molecule has 4 heteroatoms. The zero-order chi connectivity index (χ0) is 10.7. The molecule has 2 rings (SSSR count). The van der Waals surface area contributed by atoms with Crippen molar-refractivity contribution in [3.63, 3.8) is 0 Å². The van der Waals surface area contributed by atoms with Crippen LogP contribution in [0.15, 0.2) is 30.6 Å². The molecule has 2 aromatic rings. The van der Waals surface area contributed by atoms with Crippen LogP contribution in [0.2, 0.25) is 0 Å². The SMILES string of the molecule is CN(CCCl)Cc1cn2ccccc2n1. The zero-order valence-electron chi connectivity index (χ0n) is 8.73. The summed E-state index contributed by atoms with van der Waals surface area (Å²) >= 11 is 5.67. The Balaban J connectivity index is 2.15. The van der Waals surface area contributed by atoms with E-state index in [2.05, 4.69) is 16.1 Å². The highest BCUT2D eigenvalue weighted by molar-refractivity contribution is 6.18. The number of imidazole rings is 1. The molecule has 0 N–H and O–H groups in total. The number of pyridine rings is 1. The number of rotatable bonds is 4. The van der Waals surface area contributed by atoms with Gasteiger partial charge in [-0.05, 0) is 19.2 Å². The molecule has 2 aromatic heterocycles. The van der Waals surface area contributed by atoms with Gasteiger partial charge in [0.05, 0.1) is 5.69 Å². The first kappa shape index (κ1) is 10.5. The van der Waals surface area contributed by atoms with E-state index in [0.717, 1.165) is 24.4 Å². The fourth-order valence-electron chi connectivity index (χ4n) is 1.56. The molecule has 0 atom stereocenters. The summed E-state index contributed by atoms with van der Waals surface area (Å²) in [6.07, 6.45) is 4.06. The zero-order valence-corrected chi connectivity index (χ0v) is 9.48. The average molecular weight is 224 g/mol. The largest absolute Gasteiger partial charge is 0.307 e. The fourth-order valence-corrected chi connectivity index (χ4v) is 1.85. The topological polar surface area (TPSA) is 20.5 Å². The minimum atomic E-state index is 0.657. The van der Waals surface area contributed by atoms with Crippen LogP contribution in [0.1, 0.15) is 5.69 Å². The highest BCUT2D eigenvalue weighted by Crippen LogP contribution is 2.06. The summed E-state index contributed by atoms with van der Waals surface area (Å²) < 4.78 is 2.03. The Hall–Kier alpha value is -1.06. The van der Waals surface area contributed by atoms with E-state index in [9.17, 15) is 0 Å². The molecule has 2 heterocycles. The molecule has 80 valence electrons. The van der Waals surface area contributed by atoms with Gasteiger partial charge >= 0.3 is 0 Å². The summed E-state index contributed by atoms with van der Waals surface area (Å²) in [5.74, 6) is 0.657. The molecule has 0 aliphatic heterocycles. The van der Waals surface area contributed by atoms with Crippen molar-refractivity contribution in [2.45, 2.75) is 6.54 Å². The smallest absolute Gasteiger partial charge is 0.137 e. The Bertz CT molecular complexity index is 405. The van der Waals surface area contributed by atoms with Crippen LogP contribution in [0.25, 0.3) is 5.65 Å². The summed E-state index contributed by atoms with van der Waals surface area (Å²) in [6, 6.07) is 6.00. The highest BCUT2D eigenvalue weighted by atomic mass is 35.5. The van der Waals surface area contributed by atoms with E-state index in [0.29, 0.717) is 5.88 Å². The van der Waals surface area contributed by atoms with Crippen LogP contribution in [-0.2, 0) is 6.54 Å². The van der Waals surface area contributed by atoms with Gasteiger partial charge in [0.1, 0.15) is 5.65 Å². The molecule has 0 spiro atoms. The second-order valence-electron chi connectivity index (χ2n) is 3.63. The number of hydrogen-bond acceptors (Lipinski definition) is 2. The lowest BCUT2D eigenvalue weighted by atomic mass is 10.4. The number of halogens is 1. The van der Waals surface area contributed by atoms with Gasteiger partial charge in [-0.25, -0.2) is 4.98 Å². The first-order valence-electron chi connectivity index (χ1n) is 4.97. The van der Waals surface area contributed by atoms with Gasteiger partial charge in [-0.15, -0.1) is 11.6 Å². The van der Waals surface area contributed by atoms with Crippen molar-refractivity contribution in [3.05, 3.63) is 36.3 Å². The Morgan fingerprint density at radius 2 is 2.33 bits per heavy atom. The van der Waals surface area contributed by atoms with Crippen molar-refractivity contribution >= 4 is 17.2 Å². The molecular weight excluding hydrogens is 210 g/mol. The van der Waals surface area contributed by atoms with Gasteiger partial charge in [0.15, 0.2) is 0 Å². The minimum absolute atomic E-state index is 0.657. The predicted molar refractivity (Wildman–Crippen MR) is 62.2 cm³/mol. The maximum absolute atomic E-state index is 5.67. The molecule has 0 unspecified atom stereocenters. The summed E-state index contributed by atoms with van der Waals surface area (Å²) in [5, 5.41) is 0. The second-order valence-corrected chi connectivity index (χ2v) is 4.00. The van der Waals surface area contributed by atoms with E-state index in [1.165, 1.54) is 0 Å². The normalized spacial score (nSPS) is 11.4. The third-order valence-electron chi connectivity index (χ3n) is 2.31. The first-order valence-corrected chi connectivity index (χ1v) is 5.50. The summed E-state index contributed by atoms with van der Waals surface area (Å²) in [7, 11) is 2.05. The summed E-state index contributed by atoms with van der Waals surface area (Å²) in [4.78, 5) is 6.67. The number of fused-ring (bicyclic) bond motifs is 1. The standard InChI is InChI=1S/C11H14ClN3/c1-14(7-5-12)8-10-9-15-6-3-2-4-11(15)13-10/h2-4,6,9H,5,7-8H2,1H3. The van der Waals surface area contributed by atoms with Crippen LogP contribution in [0, 0.1) is 0 Å². The van der Waals surface area contributed by atoms with E-state index in [1.807, 2.05) is 35.8 Å². The van der Waals surface area contributed by atoms with E-state index >= 15 is 0 Å². The predicted octanol–water partition coefficient (Wildman–Crippen LogP) is 2.00. The lowest BCUT2D eigenvalue weighted by Crippen LogP contribution is -2.20. The number of aromatic nitrogens is 2. The van der Waals surface area contributed by atoms with Crippen LogP contribution < -0.4 is 0 Å². The summed E-state index contributed by atoms with van der Waals surface area (Å²) in [6.45, 7) is 1.73. The Morgan fingerprint density at radius 1 is 1.47 bits per heavy atom. The maximum atomic E-state index is 5.67. The number of nitrogens with zero attached hydrogens (tertiary/aromatic N) is 3. The molecule has 0 fully saturated rings. The molecule has 0 saturated heterocycles. The van der Waals surface area contributed by atoms with Crippen molar-refractivity contribution in [3.8, 4) is 0 Å². The molecule has 0 aliphatic carbocycles. The molecule has 0 aromatic carbocycles. The maximum Gasteiger partial charge on any atom is 0.137 e. The van der Waals surface area contributed by atoms with E-state index in [-0.39, 0.29) is 0 Å². The summed E-state index contributed by atoms with van der Waals surface area (Å²) in [5.41, 5.74) is 2.07. The molecule has 15 heavy (non-hydrogen) atoms. The van der Waals surface area contributed by atoms with Gasteiger partial charge in [-0.2, -0.15) is 0 Å². The molecule has 0 radical (unpaired) electrons. The van der Waals surface area contributed by atoms with Crippen molar-refractivity contribution in [2.75, 3.05) is 19.5 Å². The average Bonchev–Trinajstić information content (AvgIpc) is 2.59. The van der Waals surface area contributed by atoms with Gasteiger partial charge in [0.2, 0.25) is 0 Å². The van der Waals surface area contributed by atoms with Crippen LogP contribution in [-0.4, -0.2) is 33.8 Å². The Labute approximate surface area is 94.3 Å². The lowest BCUT2D eigenvalue weighted by molar-refractivity contribution is 0.344. The Morgan fingerprint density at radius 3 is 3.07 bits per heavy atom. The molecule has 0 aliphatic rings. The van der Waals surface area contributed by atoms with E-state index in [1.54, 1.807) is 0 Å². The molecule has 0 bridgehead atoms. The van der Waals surface area contributed by atoms with Gasteiger partial charge in [0, 0.05) is 31.4 Å². The highest BCUT2D eigenvalue weighted by Gasteiger charge is 2.03. The quantitative estimate of drug-likeness (QED) is 0.740. The third kappa shape index (κ3) is 2.49. The third-order valence-corrected chi connectivity index (χ3v) is 2.48. The number of alkyl halides is 1. The van der Waals surface area contributed by atoms with Crippen molar-refractivity contribution in [1.29, 1.82) is 0 Å². The Kier molecular flexibility index (Phi) is 3.23. The van der Waals surface area contributed by atoms with Crippen molar-refractivity contribution in [2.24, 2.45) is 0 Å². The van der Waals surface area contributed by atoms with Gasteiger partial charge < -0.3 is 4.40 Å². The monoisotopic (exact) mass is 223 g/mol. The van der Waals surface area contributed by atoms with Gasteiger partial charge in [0.25, 0.3) is 0 Å². The number of hydrogen-bond donors (Lipinski definition) is 0. The van der Waals surface area contributed by atoms with E-state index < -0.39 is 0 Å². The van der Waals surface area contributed by atoms with Crippen LogP contribution in [0.5, 0.6) is 0 Å². The van der Waals surface area contributed by atoms with Crippen LogP contribution >= 0.6 is 11.6 Å². The van der Waals surface area contributed by atoms with Gasteiger partial charge in [-0.3, -0.25) is 4.90 Å². The molecule has 0 amide bonds. The van der Waals surface area contributed by atoms with Crippen LogP contribution in [0.4, 0.5) is 0 Å². The minimum Gasteiger partial charge on any atom is -0.307 e. The molecule has 3 nitrogen and oxygen atoms in total. The van der Waals surface area contributed by atoms with Crippen molar-refractivity contribution in [1.82, 2.24) is 14.3 Å². The van der Waals surface area contributed by atoms with E-state index in [4.69, 9.17) is 11.6 Å². The van der Waals surface area contributed by atoms with Crippen LogP contribution in [0.3, 0.4) is 0 Å². The lowest BCUT2D eigenvalue weighted by Gasteiger charge is -2.12. The first-order chi connectivity index (χ1) is 7.29. The molecular formula is C11H14ClN3. The van der Waals surface area contributed by atoms with Gasteiger partial charge in [-0.1, -0.05) is 6.07 Å².